The molecule has 1 saturated heterocycles. The van der Waals surface area contributed by atoms with Crippen molar-refractivity contribution in [1.29, 1.82) is 0 Å². The average Bonchev–Trinajstić information content (AvgIpc) is 3.30. The molecule has 0 atom stereocenters. The van der Waals surface area contributed by atoms with E-state index in [1.807, 2.05) is 68.1 Å². The number of carbonyl (C=O) groups excluding carboxylic acids is 2. The molecule has 1 aromatic heterocycles. The SMILES string of the molecule is Cc1cccc(-c2nnc(SCC(=O)N3CCN(CC(=O)Nc4c(C)cccc4C)CC3)o2)c1. The first-order valence-corrected chi connectivity index (χ1v) is 12.3. The molecule has 0 bridgehead atoms. The molecule has 9 heteroatoms. The second kappa shape index (κ2) is 10.8. The molecule has 178 valence electrons. The van der Waals surface area contributed by atoms with Crippen LogP contribution in [0.15, 0.2) is 52.1 Å². The number of rotatable bonds is 7. The molecule has 2 amide bonds. The lowest BCUT2D eigenvalue weighted by molar-refractivity contribution is -0.130. The molecule has 34 heavy (non-hydrogen) atoms. The summed E-state index contributed by atoms with van der Waals surface area (Å²) in [6.45, 7) is 8.80. The minimum atomic E-state index is -0.0338. The molecule has 0 spiro atoms. The maximum Gasteiger partial charge on any atom is 0.277 e. The summed E-state index contributed by atoms with van der Waals surface area (Å²) in [4.78, 5) is 29.1. The number of thioether (sulfide) groups is 1. The topological polar surface area (TPSA) is 91.6 Å². The van der Waals surface area contributed by atoms with Gasteiger partial charge in [0, 0.05) is 37.4 Å². The second-order valence-electron chi connectivity index (χ2n) is 8.50. The lowest BCUT2D eigenvalue weighted by Crippen LogP contribution is -2.50. The van der Waals surface area contributed by atoms with E-state index >= 15 is 0 Å². The summed E-state index contributed by atoms with van der Waals surface area (Å²) < 4.78 is 5.71. The number of hydrogen-bond donors (Lipinski definition) is 1. The van der Waals surface area contributed by atoms with Gasteiger partial charge in [0.25, 0.3) is 5.22 Å². The molecule has 2 aromatic carbocycles. The molecular formula is C25H29N5O3S. The van der Waals surface area contributed by atoms with Gasteiger partial charge in [-0.3, -0.25) is 14.5 Å². The lowest BCUT2D eigenvalue weighted by Gasteiger charge is -2.34. The number of para-hydroxylation sites is 1. The first kappa shape index (κ1) is 24.0. The van der Waals surface area contributed by atoms with Gasteiger partial charge in [-0.05, 0) is 44.0 Å². The van der Waals surface area contributed by atoms with E-state index in [0.717, 1.165) is 27.9 Å². The van der Waals surface area contributed by atoms with Crippen LogP contribution in [0.3, 0.4) is 0 Å². The smallest absolute Gasteiger partial charge is 0.277 e. The van der Waals surface area contributed by atoms with Gasteiger partial charge in [0.15, 0.2) is 0 Å². The van der Waals surface area contributed by atoms with Crippen LogP contribution in [-0.2, 0) is 9.59 Å². The number of nitrogens with one attached hydrogen (secondary N) is 1. The summed E-state index contributed by atoms with van der Waals surface area (Å²) in [5, 5.41) is 11.6. The predicted octanol–water partition coefficient (Wildman–Crippen LogP) is 3.54. The molecule has 2 heterocycles. The standard InChI is InChI=1S/C25H29N5O3S/c1-17-6-4-9-20(14-17)24-27-28-25(33-24)34-16-22(32)30-12-10-29(11-13-30)15-21(31)26-23-18(2)7-5-8-19(23)3/h4-9,14H,10-13,15-16H2,1-3H3,(H,26,31). The van der Waals surface area contributed by atoms with E-state index in [1.165, 1.54) is 11.8 Å². The van der Waals surface area contributed by atoms with Crippen LogP contribution in [0.4, 0.5) is 5.69 Å². The number of carbonyl (C=O) groups is 2. The van der Waals surface area contributed by atoms with Crippen LogP contribution in [0.2, 0.25) is 0 Å². The van der Waals surface area contributed by atoms with Crippen molar-refractivity contribution in [2.45, 2.75) is 26.0 Å². The van der Waals surface area contributed by atoms with Crippen molar-refractivity contribution in [1.82, 2.24) is 20.0 Å². The van der Waals surface area contributed by atoms with Crippen molar-refractivity contribution >= 4 is 29.3 Å². The third kappa shape index (κ3) is 6.03. The van der Waals surface area contributed by atoms with Gasteiger partial charge in [-0.15, -0.1) is 10.2 Å². The average molecular weight is 480 g/mol. The Balaban J connectivity index is 1.21. The Morgan fingerprint density at radius 3 is 2.41 bits per heavy atom. The van der Waals surface area contributed by atoms with E-state index in [1.54, 1.807) is 0 Å². The summed E-state index contributed by atoms with van der Waals surface area (Å²) in [7, 11) is 0. The Labute approximate surface area is 203 Å². The van der Waals surface area contributed by atoms with Crippen LogP contribution in [0.5, 0.6) is 0 Å². The zero-order valence-electron chi connectivity index (χ0n) is 19.7. The number of aryl methyl sites for hydroxylation is 3. The summed E-state index contributed by atoms with van der Waals surface area (Å²) in [6.07, 6.45) is 0. The third-order valence-electron chi connectivity index (χ3n) is 5.83. The van der Waals surface area contributed by atoms with Crippen molar-refractivity contribution in [2.24, 2.45) is 0 Å². The third-order valence-corrected chi connectivity index (χ3v) is 6.63. The number of aromatic nitrogens is 2. The van der Waals surface area contributed by atoms with Gasteiger partial charge in [0.2, 0.25) is 17.7 Å². The van der Waals surface area contributed by atoms with Gasteiger partial charge in [-0.1, -0.05) is 47.7 Å². The van der Waals surface area contributed by atoms with Gasteiger partial charge in [-0.25, -0.2) is 0 Å². The molecule has 3 aromatic rings. The lowest BCUT2D eigenvalue weighted by atomic mass is 10.1. The predicted molar refractivity (Wildman–Crippen MR) is 133 cm³/mol. The fraction of sp³-hybridized carbons (Fsp3) is 0.360. The molecule has 1 fully saturated rings. The van der Waals surface area contributed by atoms with Crippen LogP contribution in [0.25, 0.3) is 11.5 Å². The molecular weight excluding hydrogens is 450 g/mol. The molecule has 0 saturated carbocycles. The number of nitrogens with zero attached hydrogens (tertiary/aromatic N) is 4. The van der Waals surface area contributed by atoms with Crippen LogP contribution < -0.4 is 5.32 Å². The van der Waals surface area contributed by atoms with Gasteiger partial charge in [-0.2, -0.15) is 0 Å². The first-order valence-electron chi connectivity index (χ1n) is 11.3. The van der Waals surface area contributed by atoms with Crippen LogP contribution in [-0.4, -0.2) is 70.3 Å². The van der Waals surface area contributed by atoms with E-state index in [2.05, 4.69) is 20.4 Å². The molecule has 1 aliphatic heterocycles. The quantitative estimate of drug-likeness (QED) is 0.518. The van der Waals surface area contributed by atoms with E-state index in [4.69, 9.17) is 4.42 Å². The van der Waals surface area contributed by atoms with E-state index in [0.29, 0.717) is 43.8 Å². The number of hydrogen-bond acceptors (Lipinski definition) is 7. The Morgan fingerprint density at radius 1 is 1.00 bits per heavy atom. The van der Waals surface area contributed by atoms with Gasteiger partial charge >= 0.3 is 0 Å². The highest BCUT2D eigenvalue weighted by Gasteiger charge is 2.23. The van der Waals surface area contributed by atoms with Gasteiger partial charge < -0.3 is 14.6 Å². The zero-order chi connectivity index (χ0) is 24.1. The minimum absolute atomic E-state index is 0.0277. The molecule has 8 nitrogen and oxygen atoms in total. The minimum Gasteiger partial charge on any atom is -0.411 e. The normalized spacial score (nSPS) is 14.3. The summed E-state index contributed by atoms with van der Waals surface area (Å²) >= 11 is 1.25. The van der Waals surface area contributed by atoms with E-state index in [9.17, 15) is 9.59 Å². The van der Waals surface area contributed by atoms with Crippen LogP contribution in [0, 0.1) is 20.8 Å². The molecule has 1 N–H and O–H groups in total. The van der Waals surface area contributed by atoms with Crippen molar-refractivity contribution in [3.8, 4) is 11.5 Å². The van der Waals surface area contributed by atoms with Crippen molar-refractivity contribution in [3.63, 3.8) is 0 Å². The zero-order valence-corrected chi connectivity index (χ0v) is 20.5. The molecule has 0 unspecified atom stereocenters. The highest BCUT2D eigenvalue weighted by atomic mass is 32.2. The highest BCUT2D eigenvalue weighted by molar-refractivity contribution is 7.99. The Hall–Kier alpha value is -3.17. The fourth-order valence-electron chi connectivity index (χ4n) is 3.93. The summed E-state index contributed by atoms with van der Waals surface area (Å²) in [5.74, 6) is 0.683. The monoisotopic (exact) mass is 479 g/mol. The number of piperazine rings is 1. The molecule has 1 aliphatic rings. The van der Waals surface area contributed by atoms with E-state index in [-0.39, 0.29) is 17.6 Å². The van der Waals surface area contributed by atoms with Crippen molar-refractivity contribution < 1.29 is 14.0 Å². The Kier molecular flexibility index (Phi) is 7.64. The number of anilines is 1. The Bertz CT molecular complexity index is 1150. The maximum atomic E-state index is 12.7. The number of amides is 2. The molecule has 0 aliphatic carbocycles. The van der Waals surface area contributed by atoms with Crippen LogP contribution >= 0.6 is 11.8 Å². The highest BCUT2D eigenvalue weighted by Crippen LogP contribution is 2.24. The Morgan fingerprint density at radius 2 is 1.71 bits per heavy atom. The largest absolute Gasteiger partial charge is 0.411 e. The number of benzene rings is 2. The van der Waals surface area contributed by atoms with Crippen LogP contribution in [0.1, 0.15) is 16.7 Å². The van der Waals surface area contributed by atoms with Gasteiger partial charge in [0.1, 0.15) is 0 Å². The second-order valence-corrected chi connectivity index (χ2v) is 9.43. The first-order chi connectivity index (χ1) is 16.4. The van der Waals surface area contributed by atoms with Crippen molar-refractivity contribution in [2.75, 3.05) is 43.8 Å². The molecule has 0 radical (unpaired) electrons. The maximum absolute atomic E-state index is 12.7. The van der Waals surface area contributed by atoms with E-state index < -0.39 is 0 Å². The van der Waals surface area contributed by atoms with Gasteiger partial charge in [0.05, 0.1) is 12.3 Å². The molecule has 4 rings (SSSR count). The summed E-state index contributed by atoms with van der Waals surface area (Å²) in [6, 6.07) is 13.8. The summed E-state index contributed by atoms with van der Waals surface area (Å²) in [5.41, 5.74) is 4.96. The fourth-order valence-corrected chi connectivity index (χ4v) is 4.59. The van der Waals surface area contributed by atoms with Crippen molar-refractivity contribution in [3.05, 3.63) is 59.2 Å².